The van der Waals surface area contributed by atoms with Gasteiger partial charge in [0.15, 0.2) is 0 Å². The zero-order valence-electron chi connectivity index (χ0n) is 9.86. The summed E-state index contributed by atoms with van der Waals surface area (Å²) in [4.78, 5) is 0. The molecule has 0 aromatic heterocycles. The van der Waals surface area contributed by atoms with Crippen LogP contribution in [-0.2, 0) is 6.54 Å². The summed E-state index contributed by atoms with van der Waals surface area (Å²) in [6.07, 6.45) is 1.32. The third-order valence-corrected chi connectivity index (χ3v) is 4.50. The SMILES string of the molecule is c1ccc2cc(CNC3CCSC3)ccc2c1. The molecule has 2 aromatic rings. The van der Waals surface area contributed by atoms with Gasteiger partial charge in [-0.1, -0.05) is 36.4 Å². The molecule has 0 amide bonds. The van der Waals surface area contributed by atoms with Crippen LogP contribution in [0.4, 0.5) is 0 Å². The van der Waals surface area contributed by atoms with Gasteiger partial charge in [-0.05, 0) is 34.6 Å². The molecule has 0 spiro atoms. The van der Waals surface area contributed by atoms with E-state index in [9.17, 15) is 0 Å². The van der Waals surface area contributed by atoms with Crippen LogP contribution in [0.1, 0.15) is 12.0 Å². The molecule has 1 unspecified atom stereocenters. The van der Waals surface area contributed by atoms with E-state index in [-0.39, 0.29) is 0 Å². The summed E-state index contributed by atoms with van der Waals surface area (Å²) >= 11 is 2.06. The average molecular weight is 243 g/mol. The van der Waals surface area contributed by atoms with E-state index in [0.29, 0.717) is 6.04 Å². The molecular weight excluding hydrogens is 226 g/mol. The highest BCUT2D eigenvalue weighted by molar-refractivity contribution is 7.99. The van der Waals surface area contributed by atoms with Crippen molar-refractivity contribution in [1.29, 1.82) is 0 Å². The van der Waals surface area contributed by atoms with Crippen LogP contribution in [0.25, 0.3) is 10.8 Å². The molecular formula is C15H17NS. The molecule has 1 atom stereocenters. The zero-order valence-corrected chi connectivity index (χ0v) is 10.7. The first kappa shape index (κ1) is 11.1. The Morgan fingerprint density at radius 1 is 1.12 bits per heavy atom. The number of fused-ring (bicyclic) bond motifs is 1. The first-order valence-corrected chi connectivity index (χ1v) is 7.36. The van der Waals surface area contributed by atoms with Crippen LogP contribution in [-0.4, -0.2) is 17.5 Å². The molecule has 2 heteroatoms. The maximum atomic E-state index is 3.64. The Hall–Kier alpha value is -0.990. The van der Waals surface area contributed by atoms with E-state index in [2.05, 4.69) is 59.5 Å². The maximum absolute atomic E-state index is 3.64. The zero-order chi connectivity index (χ0) is 11.5. The molecule has 1 saturated heterocycles. The Bertz CT molecular complexity index is 503. The molecule has 1 fully saturated rings. The first-order valence-electron chi connectivity index (χ1n) is 6.21. The Labute approximate surface area is 107 Å². The van der Waals surface area contributed by atoms with Crippen molar-refractivity contribution in [2.75, 3.05) is 11.5 Å². The summed E-state index contributed by atoms with van der Waals surface area (Å²) in [5.41, 5.74) is 1.39. The number of thioether (sulfide) groups is 1. The molecule has 2 aromatic carbocycles. The van der Waals surface area contributed by atoms with E-state index >= 15 is 0 Å². The fourth-order valence-electron chi connectivity index (χ4n) is 2.31. The number of rotatable bonds is 3. The Morgan fingerprint density at radius 3 is 2.82 bits per heavy atom. The molecule has 17 heavy (non-hydrogen) atoms. The van der Waals surface area contributed by atoms with E-state index in [1.165, 1.54) is 34.3 Å². The second-order valence-electron chi connectivity index (χ2n) is 4.62. The van der Waals surface area contributed by atoms with Gasteiger partial charge in [0.25, 0.3) is 0 Å². The van der Waals surface area contributed by atoms with Crippen LogP contribution in [0.15, 0.2) is 42.5 Å². The molecule has 0 saturated carbocycles. The lowest BCUT2D eigenvalue weighted by molar-refractivity contribution is 0.558. The van der Waals surface area contributed by atoms with Gasteiger partial charge in [-0.25, -0.2) is 0 Å². The molecule has 1 heterocycles. The van der Waals surface area contributed by atoms with Gasteiger partial charge in [-0.2, -0.15) is 11.8 Å². The summed E-state index contributed by atoms with van der Waals surface area (Å²) < 4.78 is 0. The maximum Gasteiger partial charge on any atom is 0.0208 e. The fraction of sp³-hybridized carbons (Fsp3) is 0.333. The summed E-state index contributed by atoms with van der Waals surface area (Å²) in [5, 5.41) is 6.31. The van der Waals surface area contributed by atoms with Crippen molar-refractivity contribution >= 4 is 22.5 Å². The molecule has 0 aliphatic carbocycles. The van der Waals surface area contributed by atoms with Crippen LogP contribution in [0.2, 0.25) is 0 Å². The van der Waals surface area contributed by atoms with E-state index in [1.54, 1.807) is 0 Å². The van der Waals surface area contributed by atoms with E-state index in [4.69, 9.17) is 0 Å². The van der Waals surface area contributed by atoms with Gasteiger partial charge in [0, 0.05) is 18.3 Å². The second kappa shape index (κ2) is 5.11. The largest absolute Gasteiger partial charge is 0.309 e. The van der Waals surface area contributed by atoms with Gasteiger partial charge in [0.1, 0.15) is 0 Å². The topological polar surface area (TPSA) is 12.0 Å². The van der Waals surface area contributed by atoms with Gasteiger partial charge in [0.2, 0.25) is 0 Å². The second-order valence-corrected chi connectivity index (χ2v) is 5.77. The van der Waals surface area contributed by atoms with Crippen LogP contribution >= 0.6 is 11.8 Å². The minimum Gasteiger partial charge on any atom is -0.309 e. The predicted octanol–water partition coefficient (Wildman–Crippen LogP) is 3.43. The minimum atomic E-state index is 0.714. The highest BCUT2D eigenvalue weighted by atomic mass is 32.2. The normalized spacial score (nSPS) is 19.9. The number of nitrogens with one attached hydrogen (secondary N) is 1. The van der Waals surface area contributed by atoms with Crippen LogP contribution in [0.3, 0.4) is 0 Å². The van der Waals surface area contributed by atoms with Gasteiger partial charge in [-0.15, -0.1) is 0 Å². The van der Waals surface area contributed by atoms with Crippen molar-refractivity contribution in [2.45, 2.75) is 19.0 Å². The average Bonchev–Trinajstić information content (AvgIpc) is 2.89. The molecule has 1 N–H and O–H groups in total. The highest BCUT2D eigenvalue weighted by Crippen LogP contribution is 2.19. The van der Waals surface area contributed by atoms with Crippen molar-refractivity contribution in [3.05, 3.63) is 48.0 Å². The molecule has 1 aliphatic heterocycles. The lowest BCUT2D eigenvalue weighted by atomic mass is 10.1. The number of hydrogen-bond donors (Lipinski definition) is 1. The summed E-state index contributed by atoms with van der Waals surface area (Å²) in [6.45, 7) is 0.996. The molecule has 1 aliphatic rings. The Kier molecular flexibility index (Phi) is 3.34. The summed E-state index contributed by atoms with van der Waals surface area (Å²) in [7, 11) is 0. The van der Waals surface area contributed by atoms with Crippen LogP contribution in [0.5, 0.6) is 0 Å². The first-order chi connectivity index (χ1) is 8.42. The molecule has 3 rings (SSSR count). The molecule has 1 nitrogen and oxygen atoms in total. The predicted molar refractivity (Wildman–Crippen MR) is 76.5 cm³/mol. The number of benzene rings is 2. The Balaban J connectivity index is 1.72. The van der Waals surface area contributed by atoms with E-state index in [0.717, 1.165) is 6.54 Å². The molecule has 88 valence electrons. The minimum absolute atomic E-state index is 0.714. The lowest BCUT2D eigenvalue weighted by Crippen LogP contribution is -2.27. The van der Waals surface area contributed by atoms with Crippen molar-refractivity contribution in [3.8, 4) is 0 Å². The monoisotopic (exact) mass is 243 g/mol. The van der Waals surface area contributed by atoms with Crippen LogP contribution < -0.4 is 5.32 Å². The lowest BCUT2D eigenvalue weighted by Gasteiger charge is -2.11. The Morgan fingerprint density at radius 2 is 2.00 bits per heavy atom. The smallest absolute Gasteiger partial charge is 0.0208 e. The van der Waals surface area contributed by atoms with Gasteiger partial charge >= 0.3 is 0 Å². The summed E-state index contributed by atoms with van der Waals surface area (Å²) in [6, 6.07) is 16.0. The molecule has 0 bridgehead atoms. The molecule has 0 radical (unpaired) electrons. The van der Waals surface area contributed by atoms with Crippen LogP contribution in [0, 0.1) is 0 Å². The van der Waals surface area contributed by atoms with Crippen molar-refractivity contribution in [1.82, 2.24) is 5.32 Å². The third kappa shape index (κ3) is 2.64. The van der Waals surface area contributed by atoms with Gasteiger partial charge < -0.3 is 5.32 Å². The van der Waals surface area contributed by atoms with Gasteiger partial charge in [0.05, 0.1) is 0 Å². The standard InChI is InChI=1S/C15H17NS/c1-2-4-14-9-12(5-6-13(14)3-1)10-16-15-7-8-17-11-15/h1-6,9,15-16H,7-8,10-11H2. The van der Waals surface area contributed by atoms with E-state index < -0.39 is 0 Å². The number of hydrogen-bond acceptors (Lipinski definition) is 2. The quantitative estimate of drug-likeness (QED) is 0.886. The van der Waals surface area contributed by atoms with Crippen molar-refractivity contribution < 1.29 is 0 Å². The fourth-order valence-corrected chi connectivity index (χ4v) is 3.49. The highest BCUT2D eigenvalue weighted by Gasteiger charge is 2.14. The van der Waals surface area contributed by atoms with Crippen molar-refractivity contribution in [2.24, 2.45) is 0 Å². The summed E-state index contributed by atoms with van der Waals surface area (Å²) in [5.74, 6) is 2.59. The third-order valence-electron chi connectivity index (χ3n) is 3.34. The van der Waals surface area contributed by atoms with Crippen molar-refractivity contribution in [3.63, 3.8) is 0 Å². The van der Waals surface area contributed by atoms with Gasteiger partial charge in [-0.3, -0.25) is 0 Å². The van der Waals surface area contributed by atoms with E-state index in [1.807, 2.05) is 0 Å².